The molecule has 0 radical (unpaired) electrons. The van der Waals surface area contributed by atoms with Crippen molar-refractivity contribution in [3.05, 3.63) is 93.7 Å². The summed E-state index contributed by atoms with van der Waals surface area (Å²) in [6, 6.07) is 14.5. The number of pyridine rings is 1. The number of para-hydroxylation sites is 1. The fraction of sp³-hybridized carbons (Fsp3) is 0.0435. The molecule has 0 saturated carbocycles. The first-order chi connectivity index (χ1) is 15.5. The molecule has 5 rings (SSSR count). The minimum Gasteiger partial charge on any atom is -0.507 e. The van der Waals surface area contributed by atoms with E-state index >= 15 is 0 Å². The number of carbonyl (C=O) groups is 2. The minimum absolute atomic E-state index is 0.0566. The van der Waals surface area contributed by atoms with Crippen LogP contribution in [-0.2, 0) is 9.59 Å². The van der Waals surface area contributed by atoms with E-state index in [0.29, 0.717) is 21.2 Å². The van der Waals surface area contributed by atoms with Crippen molar-refractivity contribution in [3.8, 4) is 0 Å². The number of aromatic nitrogens is 2. The Hall–Kier alpha value is -3.26. The van der Waals surface area contributed by atoms with Crippen LogP contribution < -0.4 is 4.90 Å². The highest BCUT2D eigenvalue weighted by Crippen LogP contribution is 2.44. The average molecular weight is 482 g/mol. The van der Waals surface area contributed by atoms with Crippen LogP contribution in [0, 0.1) is 0 Å². The lowest BCUT2D eigenvalue weighted by Crippen LogP contribution is -2.29. The third kappa shape index (κ3) is 3.35. The molecule has 0 bridgehead atoms. The Morgan fingerprint density at radius 1 is 1.00 bits per heavy atom. The second-order valence-corrected chi connectivity index (χ2v) is 8.87. The molecule has 1 unspecified atom stereocenters. The Morgan fingerprint density at radius 3 is 2.47 bits per heavy atom. The van der Waals surface area contributed by atoms with Crippen LogP contribution in [0.25, 0.3) is 16.0 Å². The lowest BCUT2D eigenvalue weighted by atomic mass is 9.96. The van der Waals surface area contributed by atoms with Crippen LogP contribution in [0.3, 0.4) is 0 Å². The number of hydrogen-bond donors (Lipinski definition) is 1. The second-order valence-electron chi connectivity index (χ2n) is 7.04. The van der Waals surface area contributed by atoms with Gasteiger partial charge in [-0.3, -0.25) is 19.5 Å². The van der Waals surface area contributed by atoms with Gasteiger partial charge < -0.3 is 5.11 Å². The second kappa shape index (κ2) is 8.02. The predicted molar refractivity (Wildman–Crippen MR) is 125 cm³/mol. The van der Waals surface area contributed by atoms with Crippen LogP contribution in [0.15, 0.2) is 72.6 Å². The Morgan fingerprint density at radius 2 is 1.75 bits per heavy atom. The van der Waals surface area contributed by atoms with Gasteiger partial charge in [0.15, 0.2) is 5.13 Å². The molecule has 32 heavy (non-hydrogen) atoms. The van der Waals surface area contributed by atoms with Gasteiger partial charge in [0, 0.05) is 18.0 Å². The van der Waals surface area contributed by atoms with Crippen molar-refractivity contribution in [1.82, 2.24) is 9.97 Å². The zero-order valence-corrected chi connectivity index (χ0v) is 18.5. The monoisotopic (exact) mass is 481 g/mol. The summed E-state index contributed by atoms with van der Waals surface area (Å²) in [7, 11) is 0. The van der Waals surface area contributed by atoms with Crippen molar-refractivity contribution in [3.63, 3.8) is 0 Å². The molecule has 1 fully saturated rings. The van der Waals surface area contributed by atoms with Crippen molar-refractivity contribution < 1.29 is 14.7 Å². The van der Waals surface area contributed by atoms with E-state index in [4.69, 9.17) is 23.2 Å². The number of benzene rings is 2. The van der Waals surface area contributed by atoms with Gasteiger partial charge in [-0.15, -0.1) is 0 Å². The number of halogens is 2. The Labute approximate surface area is 196 Å². The van der Waals surface area contributed by atoms with Crippen LogP contribution >= 0.6 is 34.5 Å². The van der Waals surface area contributed by atoms with E-state index in [1.54, 1.807) is 24.5 Å². The highest BCUT2D eigenvalue weighted by Gasteiger charge is 2.48. The minimum atomic E-state index is -0.881. The molecule has 3 heterocycles. The third-order valence-corrected chi connectivity index (χ3v) is 6.92. The molecular weight excluding hydrogens is 469 g/mol. The van der Waals surface area contributed by atoms with Gasteiger partial charge in [0.25, 0.3) is 5.78 Å². The van der Waals surface area contributed by atoms with Gasteiger partial charge in [0.1, 0.15) is 5.76 Å². The number of Topliss-reactive ketones (excluding diaryl/α,β-unsaturated/α-hetero) is 1. The quantitative estimate of drug-likeness (QED) is 0.233. The number of rotatable bonds is 3. The van der Waals surface area contributed by atoms with Crippen molar-refractivity contribution in [1.29, 1.82) is 0 Å². The number of carbonyl (C=O) groups excluding carboxylic acids is 2. The first-order valence-corrected chi connectivity index (χ1v) is 11.0. The average Bonchev–Trinajstić information content (AvgIpc) is 3.34. The maximum absolute atomic E-state index is 13.2. The van der Waals surface area contributed by atoms with Gasteiger partial charge in [-0.2, -0.15) is 0 Å². The molecule has 9 heteroatoms. The molecular formula is C23H13Cl2N3O3S. The van der Waals surface area contributed by atoms with Gasteiger partial charge >= 0.3 is 5.91 Å². The molecule has 4 aromatic rings. The summed E-state index contributed by atoms with van der Waals surface area (Å²) in [6.07, 6.45) is 3.12. The fourth-order valence-corrected chi connectivity index (χ4v) is 4.94. The summed E-state index contributed by atoms with van der Waals surface area (Å²) in [5.41, 5.74) is 1.55. The lowest BCUT2D eigenvalue weighted by molar-refractivity contribution is -0.132. The summed E-state index contributed by atoms with van der Waals surface area (Å²) >= 11 is 13.4. The van der Waals surface area contributed by atoms with Crippen LogP contribution in [0.2, 0.25) is 10.0 Å². The molecule has 2 aromatic carbocycles. The number of fused-ring (bicyclic) bond motifs is 1. The number of hydrogen-bond acceptors (Lipinski definition) is 6. The number of anilines is 1. The van der Waals surface area contributed by atoms with Crippen LogP contribution in [0.5, 0.6) is 0 Å². The third-order valence-electron chi connectivity index (χ3n) is 5.15. The number of aliphatic hydroxyl groups is 1. The smallest absolute Gasteiger partial charge is 0.301 e. The lowest BCUT2D eigenvalue weighted by Gasteiger charge is -2.22. The Kier molecular flexibility index (Phi) is 5.17. The number of aliphatic hydroxyl groups excluding tert-OH is 1. The van der Waals surface area contributed by atoms with Crippen LogP contribution in [-0.4, -0.2) is 26.8 Å². The van der Waals surface area contributed by atoms with E-state index in [1.165, 1.54) is 34.4 Å². The highest BCUT2D eigenvalue weighted by molar-refractivity contribution is 7.22. The topological polar surface area (TPSA) is 83.4 Å². The molecule has 1 saturated heterocycles. The fourth-order valence-electron chi connectivity index (χ4n) is 3.65. The van der Waals surface area contributed by atoms with Crippen molar-refractivity contribution in [2.24, 2.45) is 0 Å². The SMILES string of the molecule is O=C1C(=O)N(c2nc3ccccc3s2)C(c2ccncc2)/C1=C(\O)c1ccc(Cl)c(Cl)c1. The van der Waals surface area contributed by atoms with Crippen molar-refractivity contribution in [2.75, 3.05) is 4.90 Å². The van der Waals surface area contributed by atoms with Crippen molar-refractivity contribution >= 4 is 67.3 Å². The molecule has 1 aliphatic rings. The molecule has 0 aliphatic carbocycles. The van der Waals surface area contributed by atoms with Gasteiger partial charge in [-0.1, -0.05) is 46.7 Å². The zero-order valence-electron chi connectivity index (χ0n) is 16.2. The highest BCUT2D eigenvalue weighted by atomic mass is 35.5. The Balaban J connectivity index is 1.73. The molecule has 1 aliphatic heterocycles. The largest absolute Gasteiger partial charge is 0.507 e. The molecule has 0 spiro atoms. The molecule has 6 nitrogen and oxygen atoms in total. The molecule has 1 amide bonds. The standard InChI is InChI=1S/C23H13Cl2N3O3S/c24-14-6-5-13(11-15(14)25)20(29)18-19(12-7-9-26-10-8-12)28(22(31)21(18)30)23-27-16-3-1-2-4-17(16)32-23/h1-11,19,29H/b20-18+. The Bertz CT molecular complexity index is 1390. The number of nitrogens with zero attached hydrogens (tertiary/aromatic N) is 3. The first-order valence-electron chi connectivity index (χ1n) is 9.47. The molecule has 2 aromatic heterocycles. The number of ketones is 1. The number of thiazole rings is 1. The van der Waals surface area contributed by atoms with Gasteiger partial charge in [0.05, 0.1) is 31.9 Å². The first kappa shape index (κ1) is 20.6. The zero-order chi connectivity index (χ0) is 22.4. The summed E-state index contributed by atoms with van der Waals surface area (Å²) in [6.45, 7) is 0. The van der Waals surface area contributed by atoms with E-state index in [1.807, 2.05) is 24.3 Å². The molecule has 1 atom stereocenters. The van der Waals surface area contributed by atoms with E-state index in [2.05, 4.69) is 9.97 Å². The van der Waals surface area contributed by atoms with E-state index in [9.17, 15) is 14.7 Å². The summed E-state index contributed by atoms with van der Waals surface area (Å²) in [5.74, 6) is -1.92. The van der Waals surface area contributed by atoms with Gasteiger partial charge in [-0.25, -0.2) is 4.98 Å². The normalized spacial score (nSPS) is 17.9. The van der Waals surface area contributed by atoms with E-state index in [-0.39, 0.29) is 21.9 Å². The van der Waals surface area contributed by atoms with Crippen LogP contribution in [0.1, 0.15) is 17.2 Å². The van der Waals surface area contributed by atoms with Crippen LogP contribution in [0.4, 0.5) is 5.13 Å². The van der Waals surface area contributed by atoms with E-state index in [0.717, 1.165) is 4.70 Å². The predicted octanol–water partition coefficient (Wildman–Crippen LogP) is 5.62. The van der Waals surface area contributed by atoms with Gasteiger partial charge in [0.2, 0.25) is 0 Å². The maximum Gasteiger partial charge on any atom is 0.301 e. The molecule has 158 valence electrons. The maximum atomic E-state index is 13.2. The van der Waals surface area contributed by atoms with Gasteiger partial charge in [-0.05, 0) is 48.0 Å². The van der Waals surface area contributed by atoms with E-state index < -0.39 is 17.7 Å². The summed E-state index contributed by atoms with van der Waals surface area (Å²) in [4.78, 5) is 36.2. The summed E-state index contributed by atoms with van der Waals surface area (Å²) < 4.78 is 0.877. The summed E-state index contributed by atoms with van der Waals surface area (Å²) in [5, 5.41) is 12.0. The number of amides is 1. The van der Waals surface area contributed by atoms with Crippen molar-refractivity contribution in [2.45, 2.75) is 6.04 Å². The molecule has 1 N–H and O–H groups in total.